The fourth-order valence-corrected chi connectivity index (χ4v) is 3.53. The fourth-order valence-electron chi connectivity index (χ4n) is 2.58. The van der Waals surface area contributed by atoms with Crippen molar-refractivity contribution in [2.45, 2.75) is 18.0 Å². The Kier molecular flexibility index (Phi) is 6.58. The van der Waals surface area contributed by atoms with Crippen LogP contribution in [-0.4, -0.2) is 25.5 Å². The van der Waals surface area contributed by atoms with Crippen molar-refractivity contribution in [2.75, 3.05) is 0 Å². The summed E-state index contributed by atoms with van der Waals surface area (Å²) < 4.78 is 68.1. The smallest absolute Gasteiger partial charge is 0.378 e. The summed E-state index contributed by atoms with van der Waals surface area (Å²) in [5.74, 6) is -0.686. The zero-order chi connectivity index (χ0) is 23.4. The van der Waals surface area contributed by atoms with Crippen LogP contribution in [0.1, 0.15) is 27.2 Å². The van der Waals surface area contributed by atoms with E-state index in [4.69, 9.17) is 4.18 Å². The van der Waals surface area contributed by atoms with E-state index in [0.29, 0.717) is 17.7 Å². The molecule has 0 atom stereocenters. The van der Waals surface area contributed by atoms with E-state index in [1.165, 1.54) is 30.6 Å². The average molecular weight is 463 g/mol. The molecule has 0 saturated heterocycles. The van der Waals surface area contributed by atoms with Gasteiger partial charge in [-0.1, -0.05) is 18.2 Å². The summed E-state index contributed by atoms with van der Waals surface area (Å²) in [6, 6.07) is 12.2. The number of hydrogen-bond donors (Lipinski definition) is 1. The normalized spacial score (nSPS) is 12.0. The van der Waals surface area contributed by atoms with E-state index < -0.39 is 32.7 Å². The summed E-state index contributed by atoms with van der Waals surface area (Å²) in [4.78, 5) is 15.7. The summed E-state index contributed by atoms with van der Waals surface area (Å²) in [6.45, 7) is 1.71. The van der Waals surface area contributed by atoms with Crippen LogP contribution in [0, 0.1) is 6.92 Å². The Labute approximate surface area is 181 Å². The lowest BCUT2D eigenvalue weighted by Gasteiger charge is -2.11. The molecule has 7 nitrogen and oxygen atoms in total. The van der Waals surface area contributed by atoms with Crippen LogP contribution in [0.5, 0.6) is 5.75 Å². The lowest BCUT2D eigenvalue weighted by molar-refractivity contribution is -0.137. The van der Waals surface area contributed by atoms with Crippen LogP contribution in [0.2, 0.25) is 0 Å². The van der Waals surface area contributed by atoms with Gasteiger partial charge in [-0.2, -0.15) is 26.7 Å². The Hall–Kier alpha value is -3.73. The molecule has 32 heavy (non-hydrogen) atoms. The predicted octanol–water partition coefficient (Wildman–Crippen LogP) is 3.94. The number of carbonyl (C=O) groups is 1. The molecule has 11 heteroatoms. The number of amides is 1. The van der Waals surface area contributed by atoms with Gasteiger partial charge in [-0.15, -0.1) is 0 Å². The van der Waals surface area contributed by atoms with Crippen molar-refractivity contribution in [1.82, 2.24) is 10.4 Å². The number of pyridine rings is 1. The van der Waals surface area contributed by atoms with E-state index in [1.807, 2.05) is 0 Å². The average Bonchev–Trinajstić information content (AvgIpc) is 2.74. The molecule has 0 fully saturated rings. The van der Waals surface area contributed by atoms with Crippen molar-refractivity contribution in [3.63, 3.8) is 0 Å². The molecule has 0 spiro atoms. The van der Waals surface area contributed by atoms with Crippen LogP contribution < -0.4 is 9.61 Å². The zero-order valence-electron chi connectivity index (χ0n) is 16.5. The molecule has 0 radical (unpaired) electrons. The molecule has 2 aromatic carbocycles. The number of carbonyl (C=O) groups excluding carboxylic acids is 1. The standard InChI is InChI=1S/C21H16F3N3O4S/c1-14-5-4-12-25-19(14)20(28)27-26-13-15-6-2-3-7-18(15)31-32(29,30)17-10-8-16(9-11-17)21(22,23)24/h2-13H,1H3,(H,27,28). The van der Waals surface area contributed by atoms with Crippen LogP contribution in [0.3, 0.4) is 0 Å². The highest BCUT2D eigenvalue weighted by Crippen LogP contribution is 2.30. The molecule has 0 aliphatic heterocycles. The number of rotatable bonds is 6. The number of aromatic nitrogens is 1. The topological polar surface area (TPSA) is 97.7 Å². The molecule has 0 unspecified atom stereocenters. The zero-order valence-corrected chi connectivity index (χ0v) is 17.3. The van der Waals surface area contributed by atoms with Crippen LogP contribution in [-0.2, 0) is 16.3 Å². The van der Waals surface area contributed by atoms with Gasteiger partial charge in [0.1, 0.15) is 10.6 Å². The molecule has 3 rings (SSSR count). The minimum atomic E-state index is -4.59. The first kappa shape index (κ1) is 22.9. The van der Waals surface area contributed by atoms with Gasteiger partial charge in [-0.25, -0.2) is 5.43 Å². The second kappa shape index (κ2) is 9.18. The number of para-hydroxylation sites is 1. The maximum atomic E-state index is 12.7. The van der Waals surface area contributed by atoms with Crippen molar-refractivity contribution in [3.8, 4) is 5.75 Å². The summed E-state index contributed by atoms with van der Waals surface area (Å²) in [5.41, 5.74) is 2.34. The summed E-state index contributed by atoms with van der Waals surface area (Å²) >= 11 is 0. The number of benzene rings is 2. The lowest BCUT2D eigenvalue weighted by Crippen LogP contribution is -2.20. The van der Waals surface area contributed by atoms with Gasteiger partial charge in [0, 0.05) is 11.8 Å². The number of halogens is 3. The SMILES string of the molecule is Cc1cccnc1C(=O)NN=Cc1ccccc1OS(=O)(=O)c1ccc(C(F)(F)F)cc1. The molecule has 166 valence electrons. The lowest BCUT2D eigenvalue weighted by atomic mass is 10.2. The minimum absolute atomic E-state index is 0.126. The Morgan fingerprint density at radius 2 is 1.75 bits per heavy atom. The minimum Gasteiger partial charge on any atom is -0.378 e. The number of hydrazone groups is 1. The van der Waals surface area contributed by atoms with Gasteiger partial charge in [0.15, 0.2) is 5.75 Å². The van der Waals surface area contributed by atoms with E-state index in [0.717, 1.165) is 12.1 Å². The second-order valence-corrected chi connectivity index (χ2v) is 8.01. The third-order valence-electron chi connectivity index (χ3n) is 4.18. The number of hydrogen-bond acceptors (Lipinski definition) is 6. The third-order valence-corrected chi connectivity index (χ3v) is 5.43. The van der Waals surface area contributed by atoms with Gasteiger partial charge in [0.05, 0.1) is 11.8 Å². The van der Waals surface area contributed by atoms with Crippen LogP contribution in [0.15, 0.2) is 76.9 Å². The summed E-state index contributed by atoms with van der Waals surface area (Å²) in [7, 11) is -4.41. The van der Waals surface area contributed by atoms with Crippen molar-refractivity contribution in [2.24, 2.45) is 5.10 Å². The molecule has 0 aliphatic carbocycles. The number of nitrogens with one attached hydrogen (secondary N) is 1. The van der Waals surface area contributed by atoms with E-state index in [9.17, 15) is 26.4 Å². The highest BCUT2D eigenvalue weighted by molar-refractivity contribution is 7.87. The van der Waals surface area contributed by atoms with Crippen molar-refractivity contribution in [3.05, 3.63) is 89.2 Å². The molecular formula is C21H16F3N3O4S. The Morgan fingerprint density at radius 1 is 1.06 bits per heavy atom. The number of alkyl halides is 3. The highest BCUT2D eigenvalue weighted by atomic mass is 32.2. The van der Waals surface area contributed by atoms with Crippen LogP contribution >= 0.6 is 0 Å². The largest absolute Gasteiger partial charge is 0.416 e. The summed E-state index contributed by atoms with van der Waals surface area (Å²) in [6.07, 6.45) is -1.96. The maximum Gasteiger partial charge on any atom is 0.416 e. The number of aryl methyl sites for hydroxylation is 1. The molecular weight excluding hydrogens is 447 g/mol. The highest BCUT2D eigenvalue weighted by Gasteiger charge is 2.31. The molecule has 0 saturated carbocycles. The molecule has 1 amide bonds. The second-order valence-electron chi connectivity index (χ2n) is 6.47. The van der Waals surface area contributed by atoms with E-state index >= 15 is 0 Å². The predicted molar refractivity (Wildman–Crippen MR) is 110 cm³/mol. The first-order valence-electron chi connectivity index (χ1n) is 9.04. The van der Waals surface area contributed by atoms with Crippen molar-refractivity contribution < 1.29 is 30.6 Å². The molecule has 1 aromatic heterocycles. The first-order valence-corrected chi connectivity index (χ1v) is 10.4. The van der Waals surface area contributed by atoms with E-state index in [1.54, 1.807) is 25.1 Å². The Balaban J connectivity index is 1.77. The Morgan fingerprint density at radius 3 is 2.41 bits per heavy atom. The molecule has 0 aliphatic rings. The monoisotopic (exact) mass is 463 g/mol. The van der Waals surface area contributed by atoms with Crippen molar-refractivity contribution in [1.29, 1.82) is 0 Å². The fraction of sp³-hybridized carbons (Fsp3) is 0.0952. The molecule has 3 aromatic rings. The first-order chi connectivity index (χ1) is 15.1. The van der Waals surface area contributed by atoms with Gasteiger partial charge in [-0.05, 0) is 55.0 Å². The van der Waals surface area contributed by atoms with E-state index in [-0.39, 0.29) is 17.0 Å². The van der Waals surface area contributed by atoms with Crippen LogP contribution in [0.4, 0.5) is 13.2 Å². The van der Waals surface area contributed by atoms with Gasteiger partial charge in [0.25, 0.3) is 5.91 Å². The maximum absolute atomic E-state index is 12.7. The van der Waals surface area contributed by atoms with Gasteiger partial charge in [-0.3, -0.25) is 9.78 Å². The quantitative estimate of drug-likeness (QED) is 0.339. The van der Waals surface area contributed by atoms with E-state index in [2.05, 4.69) is 15.5 Å². The van der Waals surface area contributed by atoms with Crippen molar-refractivity contribution >= 4 is 22.2 Å². The third kappa shape index (κ3) is 5.49. The van der Waals surface area contributed by atoms with Crippen LogP contribution in [0.25, 0.3) is 0 Å². The van der Waals surface area contributed by atoms with Gasteiger partial charge >= 0.3 is 16.3 Å². The molecule has 0 bridgehead atoms. The summed E-state index contributed by atoms with van der Waals surface area (Å²) in [5, 5.41) is 3.80. The van der Waals surface area contributed by atoms with Gasteiger partial charge in [0.2, 0.25) is 0 Å². The molecule has 1 heterocycles. The number of nitrogens with zero attached hydrogens (tertiary/aromatic N) is 2. The van der Waals surface area contributed by atoms with Gasteiger partial charge < -0.3 is 4.18 Å². The Bertz CT molecular complexity index is 1260. The molecule has 1 N–H and O–H groups in total.